The van der Waals surface area contributed by atoms with Crippen molar-refractivity contribution in [3.63, 3.8) is 0 Å². The highest BCUT2D eigenvalue weighted by Crippen LogP contribution is 2.39. The van der Waals surface area contributed by atoms with Gasteiger partial charge in [0.2, 0.25) is 0 Å². The van der Waals surface area contributed by atoms with Crippen LogP contribution in [0.25, 0.3) is 6.08 Å². The number of nitrogens with zero attached hydrogens (tertiary/aromatic N) is 1. The first-order chi connectivity index (χ1) is 18.7. The van der Waals surface area contributed by atoms with Gasteiger partial charge >= 0.3 is 0 Å². The fraction of sp³-hybridized carbons (Fsp3) is 0.267. The summed E-state index contributed by atoms with van der Waals surface area (Å²) < 4.78 is 18.2. The van der Waals surface area contributed by atoms with Crippen LogP contribution in [0.5, 0.6) is 17.2 Å². The van der Waals surface area contributed by atoms with E-state index in [-0.39, 0.29) is 24.3 Å². The molecule has 0 N–H and O–H groups in total. The average molecular weight is 631 g/mol. The summed E-state index contributed by atoms with van der Waals surface area (Å²) in [6, 6.07) is 17.1. The summed E-state index contributed by atoms with van der Waals surface area (Å²) in [7, 11) is 1.55. The van der Waals surface area contributed by atoms with Crippen LogP contribution in [0, 0.1) is 6.92 Å². The molecule has 39 heavy (non-hydrogen) atoms. The molecule has 0 radical (unpaired) electrons. The van der Waals surface area contributed by atoms with Gasteiger partial charge in [-0.15, -0.1) is 0 Å². The second-order valence-corrected chi connectivity index (χ2v) is 11.6. The normalized spacial score (nSPS) is 14.4. The van der Waals surface area contributed by atoms with Gasteiger partial charge in [0.15, 0.2) is 11.5 Å². The van der Waals surface area contributed by atoms with E-state index < -0.39 is 0 Å². The van der Waals surface area contributed by atoms with Gasteiger partial charge in [0.25, 0.3) is 11.1 Å². The number of ether oxygens (including phenoxy) is 3. The predicted octanol–water partition coefficient (Wildman–Crippen LogP) is 8.24. The Labute approximate surface area is 246 Å². The van der Waals surface area contributed by atoms with E-state index in [1.54, 1.807) is 31.4 Å². The van der Waals surface area contributed by atoms with E-state index in [0.29, 0.717) is 44.0 Å². The number of hydrogen-bond donors (Lipinski definition) is 0. The van der Waals surface area contributed by atoms with Crippen LogP contribution < -0.4 is 14.2 Å². The zero-order valence-electron chi connectivity index (χ0n) is 22.1. The summed E-state index contributed by atoms with van der Waals surface area (Å²) in [6.45, 7) is 6.91. The van der Waals surface area contributed by atoms with Crippen LogP contribution in [0.1, 0.15) is 42.0 Å². The number of benzene rings is 3. The number of halogens is 2. The van der Waals surface area contributed by atoms with Crippen molar-refractivity contribution in [3.8, 4) is 17.2 Å². The highest BCUT2D eigenvalue weighted by Gasteiger charge is 2.35. The van der Waals surface area contributed by atoms with E-state index >= 15 is 0 Å². The lowest BCUT2D eigenvalue weighted by Crippen LogP contribution is -2.32. The van der Waals surface area contributed by atoms with Gasteiger partial charge in [-0.3, -0.25) is 14.5 Å². The Morgan fingerprint density at radius 2 is 1.77 bits per heavy atom. The fourth-order valence-corrected chi connectivity index (χ4v) is 5.60. The Morgan fingerprint density at radius 1 is 1.03 bits per heavy atom. The monoisotopic (exact) mass is 629 g/mol. The summed E-state index contributed by atoms with van der Waals surface area (Å²) in [5, 5.41) is 0.336. The van der Waals surface area contributed by atoms with E-state index in [0.717, 1.165) is 34.2 Å². The zero-order valence-corrected chi connectivity index (χ0v) is 25.3. The summed E-state index contributed by atoms with van der Waals surface area (Å²) in [6.07, 6.45) is 1.68. The molecule has 4 rings (SSSR count). The van der Waals surface area contributed by atoms with Crippen LogP contribution in [0.3, 0.4) is 0 Å². The van der Waals surface area contributed by atoms with Gasteiger partial charge in [0.05, 0.1) is 23.0 Å². The first kappa shape index (κ1) is 29.1. The molecule has 0 spiro atoms. The van der Waals surface area contributed by atoms with Gasteiger partial charge in [0.1, 0.15) is 19.0 Å². The minimum atomic E-state index is -0.347. The number of carbonyl (C=O) groups excluding carboxylic acids is 2. The molecule has 0 unspecified atom stereocenters. The van der Waals surface area contributed by atoms with Gasteiger partial charge in [-0.25, -0.2) is 0 Å². The van der Waals surface area contributed by atoms with E-state index in [1.165, 1.54) is 4.90 Å². The first-order valence-corrected chi connectivity index (χ1v) is 14.4. The minimum absolute atomic E-state index is 0.165. The Morgan fingerprint density at radius 3 is 2.46 bits per heavy atom. The molecule has 3 aromatic carbocycles. The number of imide groups is 1. The Bertz CT molecular complexity index is 1410. The third kappa shape index (κ3) is 7.18. The number of methoxy groups -OCH3 is 1. The van der Waals surface area contributed by atoms with Crippen LogP contribution in [-0.4, -0.2) is 36.3 Å². The lowest BCUT2D eigenvalue weighted by Gasteiger charge is -2.17. The summed E-state index contributed by atoms with van der Waals surface area (Å²) >= 11 is 10.4. The average Bonchev–Trinajstić information content (AvgIpc) is 3.16. The SMILES string of the molecule is COc1cc(/C=C2\SC(=O)N(CCOc3cc(C)ccc3C(C)C)C2=O)cc(Br)c1OCc1ccc(Cl)cc1. The molecule has 0 aliphatic carbocycles. The number of hydrogen-bond acceptors (Lipinski definition) is 6. The Hall–Kier alpha value is -2.94. The lowest BCUT2D eigenvalue weighted by molar-refractivity contribution is -0.123. The van der Waals surface area contributed by atoms with Gasteiger partial charge in [-0.2, -0.15) is 0 Å². The molecule has 9 heteroatoms. The molecule has 1 heterocycles. The maximum Gasteiger partial charge on any atom is 0.293 e. The molecule has 3 aromatic rings. The van der Waals surface area contributed by atoms with Crippen molar-refractivity contribution in [2.75, 3.05) is 20.3 Å². The number of amides is 2. The number of aryl methyl sites for hydroxylation is 1. The van der Waals surface area contributed by atoms with E-state index in [2.05, 4.69) is 41.9 Å². The maximum absolute atomic E-state index is 13.1. The molecular weight excluding hydrogens is 602 g/mol. The molecule has 1 fully saturated rings. The smallest absolute Gasteiger partial charge is 0.293 e. The van der Waals surface area contributed by atoms with Gasteiger partial charge in [-0.1, -0.05) is 49.7 Å². The zero-order chi connectivity index (χ0) is 28.1. The minimum Gasteiger partial charge on any atom is -0.493 e. The Balaban J connectivity index is 1.44. The third-order valence-electron chi connectivity index (χ3n) is 6.08. The second kappa shape index (κ2) is 12.9. The van der Waals surface area contributed by atoms with Gasteiger partial charge in [-0.05, 0) is 99.2 Å². The molecular formula is C30H29BrClNO5S. The molecule has 1 saturated heterocycles. The van der Waals surface area contributed by atoms with Gasteiger partial charge in [0, 0.05) is 5.02 Å². The third-order valence-corrected chi connectivity index (χ3v) is 7.83. The van der Waals surface area contributed by atoms with Crippen molar-refractivity contribution in [2.24, 2.45) is 0 Å². The highest BCUT2D eigenvalue weighted by molar-refractivity contribution is 9.10. The molecule has 0 aromatic heterocycles. The predicted molar refractivity (Wildman–Crippen MR) is 160 cm³/mol. The largest absolute Gasteiger partial charge is 0.493 e. The molecule has 6 nitrogen and oxygen atoms in total. The lowest BCUT2D eigenvalue weighted by atomic mass is 10.0. The van der Waals surface area contributed by atoms with Crippen molar-refractivity contribution in [1.29, 1.82) is 0 Å². The molecule has 1 aliphatic heterocycles. The van der Waals surface area contributed by atoms with Crippen molar-refractivity contribution in [1.82, 2.24) is 4.90 Å². The van der Waals surface area contributed by atoms with Crippen molar-refractivity contribution < 1.29 is 23.8 Å². The number of carbonyl (C=O) groups is 2. The van der Waals surface area contributed by atoms with E-state index in [9.17, 15) is 9.59 Å². The van der Waals surface area contributed by atoms with Crippen LogP contribution in [-0.2, 0) is 11.4 Å². The molecule has 204 valence electrons. The topological polar surface area (TPSA) is 65.1 Å². The molecule has 0 saturated carbocycles. The number of thioether (sulfide) groups is 1. The van der Waals surface area contributed by atoms with Gasteiger partial charge < -0.3 is 14.2 Å². The fourth-order valence-electron chi connectivity index (χ4n) is 4.03. The second-order valence-electron chi connectivity index (χ2n) is 9.33. The molecule has 1 aliphatic rings. The summed E-state index contributed by atoms with van der Waals surface area (Å²) in [5.74, 6) is 1.76. The highest BCUT2D eigenvalue weighted by atomic mass is 79.9. The quantitative estimate of drug-likeness (QED) is 0.210. The Kier molecular flexibility index (Phi) is 9.64. The standard InChI is InChI=1S/C30H29BrClNO5S/c1-18(2)23-10-5-19(3)13-25(23)37-12-11-33-29(34)27(39-30(33)35)16-21-14-24(31)28(26(15-21)36-4)38-17-20-6-8-22(32)9-7-20/h5-10,13-16,18H,11-12,17H2,1-4H3/b27-16-. The van der Waals surface area contributed by atoms with Crippen LogP contribution in [0.15, 0.2) is 64.0 Å². The van der Waals surface area contributed by atoms with Crippen LogP contribution in [0.2, 0.25) is 5.02 Å². The summed E-state index contributed by atoms with van der Waals surface area (Å²) in [5.41, 5.74) is 3.83. The van der Waals surface area contributed by atoms with Crippen molar-refractivity contribution >= 4 is 56.5 Å². The van der Waals surface area contributed by atoms with Crippen LogP contribution >= 0.6 is 39.3 Å². The van der Waals surface area contributed by atoms with Crippen molar-refractivity contribution in [3.05, 3.63) is 91.3 Å². The first-order valence-electron chi connectivity index (χ1n) is 12.4. The van der Waals surface area contributed by atoms with E-state index in [1.807, 2.05) is 31.2 Å². The summed E-state index contributed by atoms with van der Waals surface area (Å²) in [4.78, 5) is 27.3. The van der Waals surface area contributed by atoms with Crippen LogP contribution in [0.4, 0.5) is 4.79 Å². The maximum atomic E-state index is 13.1. The number of rotatable bonds is 10. The molecule has 0 bridgehead atoms. The van der Waals surface area contributed by atoms with Crippen molar-refractivity contribution in [2.45, 2.75) is 33.3 Å². The molecule has 0 atom stereocenters. The van der Waals surface area contributed by atoms with E-state index in [4.69, 9.17) is 25.8 Å². The molecule has 2 amide bonds.